The van der Waals surface area contributed by atoms with Gasteiger partial charge in [0.2, 0.25) is 10.0 Å². The number of hydrogen-bond donors (Lipinski definition) is 3. The number of sulfonamides is 1. The van der Waals surface area contributed by atoms with Gasteiger partial charge >= 0.3 is 0 Å². The molecular weight excluding hydrogens is 204 g/mol. The predicted octanol–water partition coefficient (Wildman–Crippen LogP) is 0.133. The standard InChI is InChI=1S/C8H12N2O3S/c1-14(12,13)10-8-3-6(5-11)2-7(9)4-8/h2-4,10-11H,5,9H2,1H3. The highest BCUT2D eigenvalue weighted by atomic mass is 32.2. The van der Waals surface area contributed by atoms with Gasteiger partial charge in [-0.25, -0.2) is 8.42 Å². The number of rotatable bonds is 3. The number of aliphatic hydroxyl groups excluding tert-OH is 1. The van der Waals surface area contributed by atoms with E-state index in [1.165, 1.54) is 12.1 Å². The number of hydrogen-bond acceptors (Lipinski definition) is 4. The second-order valence-corrected chi connectivity index (χ2v) is 4.74. The van der Waals surface area contributed by atoms with Crippen LogP contribution in [0.3, 0.4) is 0 Å². The van der Waals surface area contributed by atoms with Gasteiger partial charge in [-0.05, 0) is 23.8 Å². The van der Waals surface area contributed by atoms with E-state index in [1.54, 1.807) is 6.07 Å². The van der Waals surface area contributed by atoms with Crippen LogP contribution in [0.1, 0.15) is 5.56 Å². The van der Waals surface area contributed by atoms with Gasteiger partial charge in [0.1, 0.15) is 0 Å². The van der Waals surface area contributed by atoms with Gasteiger partial charge in [-0.2, -0.15) is 0 Å². The Bertz CT molecular complexity index is 428. The minimum atomic E-state index is -3.31. The molecule has 1 aromatic carbocycles. The van der Waals surface area contributed by atoms with E-state index in [0.29, 0.717) is 16.9 Å². The molecule has 0 aliphatic rings. The molecule has 0 heterocycles. The Balaban J connectivity index is 3.04. The molecule has 5 nitrogen and oxygen atoms in total. The van der Waals surface area contributed by atoms with E-state index >= 15 is 0 Å². The van der Waals surface area contributed by atoms with Crippen LogP contribution in [0, 0.1) is 0 Å². The first-order valence-corrected chi connectivity index (χ1v) is 5.78. The van der Waals surface area contributed by atoms with Crippen molar-refractivity contribution in [3.63, 3.8) is 0 Å². The molecule has 0 amide bonds. The molecule has 0 saturated carbocycles. The topological polar surface area (TPSA) is 92.4 Å². The minimum absolute atomic E-state index is 0.177. The SMILES string of the molecule is CS(=O)(=O)Nc1cc(N)cc(CO)c1. The molecule has 14 heavy (non-hydrogen) atoms. The van der Waals surface area contributed by atoms with Crippen molar-refractivity contribution in [1.29, 1.82) is 0 Å². The lowest BCUT2D eigenvalue weighted by atomic mass is 10.2. The molecule has 0 aliphatic heterocycles. The monoisotopic (exact) mass is 216 g/mol. The first-order chi connectivity index (χ1) is 6.40. The summed E-state index contributed by atoms with van der Waals surface area (Å²) in [5.74, 6) is 0. The van der Waals surface area contributed by atoms with Crippen molar-refractivity contribution in [2.75, 3.05) is 16.7 Å². The summed E-state index contributed by atoms with van der Waals surface area (Å²) in [7, 11) is -3.31. The second-order valence-electron chi connectivity index (χ2n) is 3.00. The van der Waals surface area contributed by atoms with Crippen molar-refractivity contribution in [2.24, 2.45) is 0 Å². The van der Waals surface area contributed by atoms with E-state index in [2.05, 4.69) is 4.72 Å². The molecule has 0 spiro atoms. The molecule has 0 atom stereocenters. The van der Waals surface area contributed by atoms with Gasteiger partial charge in [-0.3, -0.25) is 4.72 Å². The third-order valence-electron chi connectivity index (χ3n) is 1.50. The van der Waals surface area contributed by atoms with Gasteiger partial charge in [0.25, 0.3) is 0 Å². The number of benzene rings is 1. The van der Waals surface area contributed by atoms with Crippen LogP contribution in [-0.2, 0) is 16.6 Å². The van der Waals surface area contributed by atoms with Crippen molar-refractivity contribution in [3.05, 3.63) is 23.8 Å². The lowest BCUT2D eigenvalue weighted by Crippen LogP contribution is -2.10. The Hall–Kier alpha value is -1.27. The summed E-state index contributed by atoms with van der Waals surface area (Å²) >= 11 is 0. The van der Waals surface area contributed by atoms with E-state index in [9.17, 15) is 8.42 Å². The van der Waals surface area contributed by atoms with Crippen LogP contribution in [0.25, 0.3) is 0 Å². The average molecular weight is 216 g/mol. The fourth-order valence-corrected chi connectivity index (χ4v) is 1.63. The molecule has 1 rings (SSSR count). The molecule has 0 radical (unpaired) electrons. The van der Waals surface area contributed by atoms with Gasteiger partial charge in [-0.15, -0.1) is 0 Å². The van der Waals surface area contributed by atoms with Crippen LogP contribution in [0.4, 0.5) is 11.4 Å². The van der Waals surface area contributed by atoms with Crippen molar-refractivity contribution < 1.29 is 13.5 Å². The second kappa shape index (κ2) is 3.85. The molecule has 0 saturated heterocycles. The summed E-state index contributed by atoms with van der Waals surface area (Å²) in [5, 5.41) is 8.85. The van der Waals surface area contributed by atoms with Gasteiger partial charge in [0.15, 0.2) is 0 Å². The van der Waals surface area contributed by atoms with Crippen molar-refractivity contribution >= 4 is 21.4 Å². The Labute approximate surface area is 82.6 Å². The summed E-state index contributed by atoms with van der Waals surface area (Å²) in [4.78, 5) is 0. The molecule has 78 valence electrons. The zero-order chi connectivity index (χ0) is 10.8. The minimum Gasteiger partial charge on any atom is -0.399 e. The Morgan fingerprint density at radius 2 is 2.07 bits per heavy atom. The Kier molecular flexibility index (Phi) is 2.97. The maximum atomic E-state index is 10.9. The summed E-state index contributed by atoms with van der Waals surface area (Å²) in [6.45, 7) is -0.177. The number of aliphatic hydroxyl groups is 1. The van der Waals surface area contributed by atoms with Crippen LogP contribution in [0.5, 0.6) is 0 Å². The fourth-order valence-electron chi connectivity index (χ4n) is 1.08. The van der Waals surface area contributed by atoms with Gasteiger partial charge < -0.3 is 10.8 Å². The fraction of sp³-hybridized carbons (Fsp3) is 0.250. The van der Waals surface area contributed by atoms with Crippen LogP contribution in [0.15, 0.2) is 18.2 Å². The molecule has 0 aromatic heterocycles. The van der Waals surface area contributed by atoms with Gasteiger partial charge in [-0.1, -0.05) is 0 Å². The van der Waals surface area contributed by atoms with Crippen LogP contribution < -0.4 is 10.5 Å². The van der Waals surface area contributed by atoms with E-state index in [0.717, 1.165) is 6.26 Å². The van der Waals surface area contributed by atoms with Crippen molar-refractivity contribution in [1.82, 2.24) is 0 Å². The van der Waals surface area contributed by atoms with Crippen molar-refractivity contribution in [3.8, 4) is 0 Å². The van der Waals surface area contributed by atoms with E-state index in [1.807, 2.05) is 0 Å². The average Bonchev–Trinajstić information content (AvgIpc) is 1.99. The zero-order valence-electron chi connectivity index (χ0n) is 7.69. The summed E-state index contributed by atoms with van der Waals surface area (Å²) in [6.07, 6.45) is 1.05. The third kappa shape index (κ3) is 3.23. The summed E-state index contributed by atoms with van der Waals surface area (Å²) in [5.41, 5.74) is 6.84. The number of nitrogens with two attached hydrogens (primary N) is 1. The van der Waals surface area contributed by atoms with Gasteiger partial charge in [0.05, 0.1) is 18.6 Å². The quantitative estimate of drug-likeness (QED) is 0.626. The highest BCUT2D eigenvalue weighted by molar-refractivity contribution is 7.92. The molecule has 0 unspecified atom stereocenters. The van der Waals surface area contributed by atoms with Crippen LogP contribution >= 0.6 is 0 Å². The van der Waals surface area contributed by atoms with E-state index < -0.39 is 10.0 Å². The van der Waals surface area contributed by atoms with Crippen LogP contribution in [0.2, 0.25) is 0 Å². The number of nitrogen functional groups attached to an aromatic ring is 1. The summed E-state index contributed by atoms with van der Waals surface area (Å²) < 4.78 is 24.1. The Morgan fingerprint density at radius 1 is 1.43 bits per heavy atom. The lowest BCUT2D eigenvalue weighted by molar-refractivity contribution is 0.282. The molecule has 4 N–H and O–H groups in total. The first-order valence-electron chi connectivity index (χ1n) is 3.89. The maximum Gasteiger partial charge on any atom is 0.229 e. The van der Waals surface area contributed by atoms with E-state index in [4.69, 9.17) is 10.8 Å². The maximum absolute atomic E-state index is 10.9. The Morgan fingerprint density at radius 3 is 2.57 bits per heavy atom. The van der Waals surface area contributed by atoms with Gasteiger partial charge in [0, 0.05) is 5.69 Å². The highest BCUT2D eigenvalue weighted by Gasteiger charge is 2.03. The smallest absolute Gasteiger partial charge is 0.229 e. The largest absolute Gasteiger partial charge is 0.399 e. The number of nitrogens with one attached hydrogen (secondary N) is 1. The number of anilines is 2. The first kappa shape index (κ1) is 10.8. The normalized spacial score (nSPS) is 11.3. The zero-order valence-corrected chi connectivity index (χ0v) is 8.50. The van der Waals surface area contributed by atoms with Crippen molar-refractivity contribution in [2.45, 2.75) is 6.61 Å². The van der Waals surface area contributed by atoms with E-state index in [-0.39, 0.29) is 6.61 Å². The highest BCUT2D eigenvalue weighted by Crippen LogP contribution is 2.17. The molecular formula is C8H12N2O3S. The predicted molar refractivity (Wildman–Crippen MR) is 55.2 cm³/mol. The molecule has 1 aromatic rings. The molecule has 0 aliphatic carbocycles. The molecule has 0 bridgehead atoms. The summed E-state index contributed by atoms with van der Waals surface area (Å²) in [6, 6.07) is 4.59. The molecule has 0 fully saturated rings. The molecule has 6 heteroatoms. The lowest BCUT2D eigenvalue weighted by Gasteiger charge is -2.06. The third-order valence-corrected chi connectivity index (χ3v) is 2.11. The van der Waals surface area contributed by atoms with Crippen LogP contribution in [-0.4, -0.2) is 19.8 Å².